The number of amides is 2. The maximum Gasteiger partial charge on any atom is 0.328 e. The fourth-order valence-corrected chi connectivity index (χ4v) is 3.19. The van der Waals surface area contributed by atoms with Crippen molar-refractivity contribution in [3.05, 3.63) is 24.3 Å². The maximum absolute atomic E-state index is 12.3. The molecular weight excluding hydrogens is 444 g/mol. The first-order valence-corrected chi connectivity index (χ1v) is 11.4. The third kappa shape index (κ3) is 10.5. The Kier molecular flexibility index (Phi) is 13.1. The molecule has 0 aromatic heterocycles. The lowest BCUT2D eigenvalue weighted by Crippen LogP contribution is -2.41. The van der Waals surface area contributed by atoms with Crippen LogP contribution in [-0.2, 0) is 38.1 Å². The van der Waals surface area contributed by atoms with Gasteiger partial charge in [-0.3, -0.25) is 9.59 Å². The van der Waals surface area contributed by atoms with Gasteiger partial charge in [0.15, 0.2) is 0 Å². The topological polar surface area (TPSA) is 129 Å². The normalized spacial score (nSPS) is 31.4. The molecule has 2 N–H and O–H groups in total. The first-order chi connectivity index (χ1) is 16.1. The van der Waals surface area contributed by atoms with E-state index in [4.69, 9.17) is 18.9 Å². The Labute approximate surface area is 201 Å². The van der Waals surface area contributed by atoms with Gasteiger partial charge in [0.2, 0.25) is 11.8 Å². The van der Waals surface area contributed by atoms with E-state index >= 15 is 0 Å². The number of carbonyl (C=O) groups excluding carboxylic acids is 4. The van der Waals surface area contributed by atoms with Gasteiger partial charge in [0.25, 0.3) is 0 Å². The van der Waals surface area contributed by atoms with E-state index in [1.807, 2.05) is 13.8 Å². The maximum atomic E-state index is 12.3. The molecule has 0 radical (unpaired) electrons. The second-order valence-electron chi connectivity index (χ2n) is 8.37. The summed E-state index contributed by atoms with van der Waals surface area (Å²) >= 11 is 0. The molecule has 0 bridgehead atoms. The minimum atomic E-state index is -0.823. The van der Waals surface area contributed by atoms with Gasteiger partial charge in [0.05, 0.1) is 12.2 Å². The van der Waals surface area contributed by atoms with E-state index < -0.39 is 36.2 Å². The molecule has 6 atom stereocenters. The molecule has 2 amide bonds. The van der Waals surface area contributed by atoms with Crippen LogP contribution in [0, 0.1) is 11.8 Å². The molecule has 0 aromatic carbocycles. The Morgan fingerprint density at radius 3 is 1.38 bits per heavy atom. The van der Waals surface area contributed by atoms with Crippen molar-refractivity contribution in [3.63, 3.8) is 0 Å². The van der Waals surface area contributed by atoms with E-state index in [1.165, 1.54) is 14.2 Å². The monoisotopic (exact) mass is 482 g/mol. The number of rotatable bonds is 2. The van der Waals surface area contributed by atoms with Gasteiger partial charge in [0.1, 0.15) is 25.3 Å². The van der Waals surface area contributed by atoms with Crippen molar-refractivity contribution in [1.29, 1.82) is 0 Å². The summed E-state index contributed by atoms with van der Waals surface area (Å²) in [6.45, 7) is 6.80. The largest absolute Gasteiger partial charge is 0.461 e. The van der Waals surface area contributed by atoms with Crippen LogP contribution in [0.2, 0.25) is 0 Å². The van der Waals surface area contributed by atoms with Gasteiger partial charge in [-0.15, -0.1) is 0 Å². The van der Waals surface area contributed by atoms with E-state index in [9.17, 15) is 19.2 Å². The predicted molar refractivity (Wildman–Crippen MR) is 125 cm³/mol. The third-order valence-corrected chi connectivity index (χ3v) is 5.51. The van der Waals surface area contributed by atoms with Crippen LogP contribution in [0.5, 0.6) is 0 Å². The van der Waals surface area contributed by atoms with Crippen molar-refractivity contribution in [1.82, 2.24) is 10.6 Å². The fraction of sp³-hybridized carbons (Fsp3) is 0.667. The summed E-state index contributed by atoms with van der Waals surface area (Å²) in [5, 5.41) is 5.20. The molecule has 10 heteroatoms. The van der Waals surface area contributed by atoms with Gasteiger partial charge < -0.3 is 29.6 Å². The molecule has 1 aliphatic heterocycles. The van der Waals surface area contributed by atoms with Gasteiger partial charge in [-0.05, 0) is 13.8 Å². The highest BCUT2D eigenvalue weighted by molar-refractivity contribution is 5.85. The number of cyclic esters (lactones) is 2. The van der Waals surface area contributed by atoms with Gasteiger partial charge in [-0.25, -0.2) is 9.59 Å². The summed E-state index contributed by atoms with van der Waals surface area (Å²) in [6.07, 6.45) is 6.13. The molecule has 0 unspecified atom stereocenters. The SMILES string of the molecule is CO[C@@H]1COC(=O)[C@H](C)NC(=O)CC=C[C@@H](C)[C@H](OC)COC(=O)[C@H](C)NC(=O)CC=C[C@H]1C. The van der Waals surface area contributed by atoms with Crippen LogP contribution in [0.4, 0.5) is 0 Å². The summed E-state index contributed by atoms with van der Waals surface area (Å²) in [5.74, 6) is -2.12. The van der Waals surface area contributed by atoms with Gasteiger partial charge in [-0.1, -0.05) is 38.2 Å². The molecule has 34 heavy (non-hydrogen) atoms. The molecule has 0 fully saturated rings. The van der Waals surface area contributed by atoms with Crippen LogP contribution >= 0.6 is 0 Å². The second-order valence-corrected chi connectivity index (χ2v) is 8.37. The molecule has 1 rings (SSSR count). The Morgan fingerprint density at radius 1 is 0.706 bits per heavy atom. The molecule has 1 heterocycles. The number of methoxy groups -OCH3 is 2. The standard InChI is InChI=1S/C24H38N2O8/c1-15-9-7-11-21(27)25-18(4)24(30)34-14-20(32-6)16(2)10-8-12-22(28)26-17(3)23(29)33-13-19(15)31-5/h7-10,15-20H,11-14H2,1-6H3,(H,25,27)(H,26,28)/t15-,16-,17+,18+,19-,20-/m1/s1. The number of hydrogen-bond acceptors (Lipinski definition) is 8. The zero-order chi connectivity index (χ0) is 25.7. The van der Waals surface area contributed by atoms with E-state index in [1.54, 1.807) is 38.2 Å². The van der Waals surface area contributed by atoms with Gasteiger partial charge in [0, 0.05) is 38.9 Å². The van der Waals surface area contributed by atoms with Crippen LogP contribution in [0.15, 0.2) is 24.3 Å². The van der Waals surface area contributed by atoms with Crippen LogP contribution in [0.25, 0.3) is 0 Å². The number of carbonyl (C=O) groups is 4. The lowest BCUT2D eigenvalue weighted by atomic mass is 10.0. The Balaban J connectivity index is 2.95. The average molecular weight is 483 g/mol. The van der Waals surface area contributed by atoms with Gasteiger partial charge in [-0.2, -0.15) is 0 Å². The van der Waals surface area contributed by atoms with Crippen LogP contribution in [-0.4, -0.2) is 75.5 Å². The summed E-state index contributed by atoms with van der Waals surface area (Å²) in [6, 6.07) is -1.65. The minimum Gasteiger partial charge on any atom is -0.461 e. The first kappa shape index (κ1) is 29.3. The molecular formula is C24H38N2O8. The highest BCUT2D eigenvalue weighted by atomic mass is 16.6. The highest BCUT2D eigenvalue weighted by Crippen LogP contribution is 2.12. The second kappa shape index (κ2) is 15.2. The molecule has 0 aromatic rings. The first-order valence-electron chi connectivity index (χ1n) is 11.4. The highest BCUT2D eigenvalue weighted by Gasteiger charge is 2.23. The predicted octanol–water partition coefficient (Wildman–Crippen LogP) is 1.29. The number of nitrogens with one attached hydrogen (secondary N) is 2. The Bertz CT molecular complexity index is 689. The van der Waals surface area contributed by atoms with E-state index in [0.29, 0.717) is 0 Å². The molecule has 0 saturated heterocycles. The quantitative estimate of drug-likeness (QED) is 0.445. The van der Waals surface area contributed by atoms with Crippen molar-refractivity contribution in [3.8, 4) is 0 Å². The minimum absolute atomic E-state index is 0.00799. The van der Waals surface area contributed by atoms with Gasteiger partial charge >= 0.3 is 11.9 Å². The van der Waals surface area contributed by atoms with E-state index in [0.717, 1.165) is 0 Å². The van der Waals surface area contributed by atoms with Crippen LogP contribution in [0.3, 0.4) is 0 Å². The van der Waals surface area contributed by atoms with Crippen LogP contribution in [0.1, 0.15) is 40.5 Å². The van der Waals surface area contributed by atoms with E-state index in [2.05, 4.69) is 10.6 Å². The smallest absolute Gasteiger partial charge is 0.328 e. The Hall–Kier alpha value is -2.72. The van der Waals surface area contributed by atoms with Crippen LogP contribution < -0.4 is 10.6 Å². The number of hydrogen-bond donors (Lipinski definition) is 2. The lowest BCUT2D eigenvalue weighted by Gasteiger charge is -2.22. The van der Waals surface area contributed by atoms with Crippen molar-refractivity contribution in [2.75, 3.05) is 27.4 Å². The third-order valence-electron chi connectivity index (χ3n) is 5.51. The summed E-state index contributed by atoms with van der Waals surface area (Å²) in [5.41, 5.74) is 0. The average Bonchev–Trinajstić information content (AvgIpc) is 2.78. The summed E-state index contributed by atoms with van der Waals surface area (Å²) < 4.78 is 21.4. The summed E-state index contributed by atoms with van der Waals surface area (Å²) in [4.78, 5) is 48.9. The molecule has 10 nitrogen and oxygen atoms in total. The lowest BCUT2D eigenvalue weighted by molar-refractivity contribution is -0.151. The van der Waals surface area contributed by atoms with E-state index in [-0.39, 0.29) is 49.7 Å². The molecule has 0 saturated carbocycles. The van der Waals surface area contributed by atoms with Crippen molar-refractivity contribution in [2.45, 2.75) is 64.8 Å². The van der Waals surface area contributed by atoms with Crippen molar-refractivity contribution < 1.29 is 38.1 Å². The number of ether oxygens (including phenoxy) is 4. The van der Waals surface area contributed by atoms with Crippen molar-refractivity contribution in [2.24, 2.45) is 11.8 Å². The molecule has 0 aliphatic carbocycles. The molecule has 192 valence electrons. The fourth-order valence-electron chi connectivity index (χ4n) is 3.19. The zero-order valence-electron chi connectivity index (χ0n) is 20.9. The molecule has 0 spiro atoms. The zero-order valence-corrected chi connectivity index (χ0v) is 20.9. The molecule has 1 aliphatic rings. The number of esters is 2. The summed E-state index contributed by atoms with van der Waals surface area (Å²) in [7, 11) is 3.00. The van der Waals surface area contributed by atoms with Crippen molar-refractivity contribution >= 4 is 23.8 Å². The Morgan fingerprint density at radius 2 is 1.06 bits per heavy atom.